The molecule has 0 nitrogen and oxygen atoms in total. The number of fused-ring (bicyclic) bond motifs is 3. The maximum absolute atomic E-state index is 4.41. The van der Waals surface area contributed by atoms with Crippen LogP contribution in [-0.2, 0) is 5.41 Å². The Balaban J connectivity index is 1.37. The molecule has 1 aliphatic heterocycles. The van der Waals surface area contributed by atoms with E-state index in [0.717, 1.165) is 22.9 Å². The van der Waals surface area contributed by atoms with Crippen LogP contribution in [0, 0.1) is 11.8 Å². The first-order valence-corrected chi connectivity index (χ1v) is 18.4. The van der Waals surface area contributed by atoms with Gasteiger partial charge in [-0.3, -0.25) is 0 Å². The van der Waals surface area contributed by atoms with E-state index >= 15 is 0 Å². The van der Waals surface area contributed by atoms with E-state index in [2.05, 4.69) is 180 Å². The van der Waals surface area contributed by atoms with Crippen molar-refractivity contribution in [2.45, 2.75) is 45.8 Å². The average Bonchev–Trinajstić information content (AvgIpc) is 3.41. The summed E-state index contributed by atoms with van der Waals surface area (Å²) in [6.45, 7) is 18.2. The third-order valence-electron chi connectivity index (χ3n) is 10.8. The van der Waals surface area contributed by atoms with E-state index in [0.29, 0.717) is 13.1 Å². The normalized spacial score (nSPS) is 17.4. The molecule has 0 fully saturated rings. The molecule has 0 bridgehead atoms. The van der Waals surface area contributed by atoms with Gasteiger partial charge < -0.3 is 0 Å². The molecule has 250 valence electrons. The van der Waals surface area contributed by atoms with Crippen molar-refractivity contribution in [2.24, 2.45) is 0 Å². The van der Waals surface area contributed by atoms with Gasteiger partial charge in [0.15, 0.2) is 6.71 Å². The van der Waals surface area contributed by atoms with Crippen LogP contribution >= 0.6 is 0 Å². The number of hydrogen-bond acceptors (Lipinski definition) is 0. The van der Waals surface area contributed by atoms with Crippen LogP contribution in [0.3, 0.4) is 0 Å². The molecule has 3 aromatic rings. The molecule has 4 aliphatic rings. The van der Waals surface area contributed by atoms with E-state index < -0.39 is 0 Å². The molecule has 0 spiro atoms. The Morgan fingerprint density at radius 3 is 2.48 bits per heavy atom. The van der Waals surface area contributed by atoms with Crippen molar-refractivity contribution >= 4 is 24.5 Å². The van der Waals surface area contributed by atoms with Crippen LogP contribution in [0.25, 0.3) is 16.7 Å². The largest absolute Gasteiger partial charge is 0.240 e. The first-order chi connectivity index (χ1) is 25.3. The van der Waals surface area contributed by atoms with Crippen LogP contribution in [0.1, 0.15) is 43.9 Å². The Morgan fingerprint density at radius 2 is 1.67 bits per heavy atom. The summed E-state index contributed by atoms with van der Waals surface area (Å²) in [5.41, 5.74) is 20.7. The fraction of sp³-hybridized carbons (Fsp3) is 0.140. The Labute approximate surface area is 312 Å². The number of hydrogen-bond donors (Lipinski definition) is 0. The lowest BCUT2D eigenvalue weighted by Crippen LogP contribution is -2.36. The molecule has 3 aromatic carbocycles. The van der Waals surface area contributed by atoms with Gasteiger partial charge in [0.2, 0.25) is 6.71 Å². The standard InChI is InChI=1S/C50H44B2/c1-7-37(39-22-15-16-23-40(31-39)38-20-12-10-13-21-38)27-28-42(8-2)52(44-32-41(34-51(6)35-44)45-24-14-9-11-19-36(45)3)43-29-30-49-47(33-43)46-25-17-18-26-48(46)50(49,4)5/h7-10,12-14,17-22,24-33,35H,1-2,23,34H2,3-6H3/b37-27+,42-28+. The van der Waals surface area contributed by atoms with Gasteiger partial charge in [0.1, 0.15) is 0 Å². The SMILES string of the molecule is C=C/C(=C\C=C(/C=C)C1=CC#CCC(c2ccccc2)=C1)B(C1=CB(C)CC(C2=C(C)C=C=CC=C2)=C1)c1ccc2c(c1)-c1ccccc1C2(C)C. The maximum Gasteiger partial charge on any atom is 0.240 e. The molecule has 3 aliphatic carbocycles. The topological polar surface area (TPSA) is 0 Å². The van der Waals surface area contributed by atoms with Gasteiger partial charge in [0, 0.05) is 11.8 Å². The molecule has 0 atom stereocenters. The smallest absolute Gasteiger partial charge is 0.121 e. The van der Waals surface area contributed by atoms with E-state index in [9.17, 15) is 0 Å². The van der Waals surface area contributed by atoms with Gasteiger partial charge in [-0.2, -0.15) is 0 Å². The first-order valence-electron chi connectivity index (χ1n) is 18.4. The van der Waals surface area contributed by atoms with Crippen LogP contribution in [0.15, 0.2) is 203 Å². The van der Waals surface area contributed by atoms with Gasteiger partial charge in [-0.05, 0) is 98.8 Å². The van der Waals surface area contributed by atoms with Crippen molar-refractivity contribution in [3.8, 4) is 23.0 Å². The summed E-state index contributed by atoms with van der Waals surface area (Å²) in [5.74, 6) is 9.06. The van der Waals surface area contributed by atoms with Gasteiger partial charge in [-0.25, -0.2) is 0 Å². The highest BCUT2D eigenvalue weighted by molar-refractivity contribution is 6.88. The average molecular weight is 667 g/mol. The van der Waals surface area contributed by atoms with E-state index in [4.69, 9.17) is 0 Å². The maximum atomic E-state index is 4.41. The predicted molar refractivity (Wildman–Crippen MR) is 228 cm³/mol. The number of allylic oxidation sites excluding steroid dienone is 18. The zero-order valence-corrected chi connectivity index (χ0v) is 30.8. The van der Waals surface area contributed by atoms with Crippen LogP contribution in [-0.4, -0.2) is 13.4 Å². The monoisotopic (exact) mass is 666 g/mol. The molecule has 0 N–H and O–H groups in total. The highest BCUT2D eigenvalue weighted by Gasteiger charge is 2.36. The minimum atomic E-state index is -0.0524. The zero-order valence-electron chi connectivity index (χ0n) is 30.8. The van der Waals surface area contributed by atoms with Crippen molar-refractivity contribution in [1.29, 1.82) is 0 Å². The minimum Gasteiger partial charge on any atom is -0.121 e. The lowest BCUT2D eigenvalue weighted by atomic mass is 9.31. The lowest BCUT2D eigenvalue weighted by molar-refractivity contribution is 0.660. The fourth-order valence-electron chi connectivity index (χ4n) is 8.16. The van der Waals surface area contributed by atoms with Crippen LogP contribution in [0.2, 0.25) is 13.1 Å². The van der Waals surface area contributed by atoms with Crippen LogP contribution < -0.4 is 5.46 Å². The molecular weight excluding hydrogens is 622 g/mol. The Morgan fingerprint density at radius 1 is 0.885 bits per heavy atom. The summed E-state index contributed by atoms with van der Waals surface area (Å²) in [7, 11) is 0. The summed E-state index contributed by atoms with van der Waals surface area (Å²) in [5, 5.41) is 0. The summed E-state index contributed by atoms with van der Waals surface area (Å²) < 4.78 is 0. The molecule has 0 amide bonds. The third-order valence-corrected chi connectivity index (χ3v) is 10.8. The summed E-state index contributed by atoms with van der Waals surface area (Å²) >= 11 is 0. The van der Waals surface area contributed by atoms with E-state index in [1.807, 2.05) is 24.3 Å². The van der Waals surface area contributed by atoms with Gasteiger partial charge >= 0.3 is 0 Å². The predicted octanol–water partition coefficient (Wildman–Crippen LogP) is 11.5. The number of benzene rings is 3. The molecule has 0 unspecified atom stereocenters. The summed E-state index contributed by atoms with van der Waals surface area (Å²) in [6.07, 6.45) is 25.2. The highest BCUT2D eigenvalue weighted by Crippen LogP contribution is 2.48. The second-order valence-electron chi connectivity index (χ2n) is 14.7. The van der Waals surface area contributed by atoms with Gasteiger partial charge in [-0.15, -0.1) is 11.7 Å². The molecule has 7 rings (SSSR count). The highest BCUT2D eigenvalue weighted by atomic mass is 14.4. The molecule has 52 heavy (non-hydrogen) atoms. The third kappa shape index (κ3) is 6.82. The first kappa shape index (κ1) is 34.7. The Kier molecular flexibility index (Phi) is 9.92. The van der Waals surface area contributed by atoms with Crippen molar-refractivity contribution in [3.63, 3.8) is 0 Å². The van der Waals surface area contributed by atoms with Gasteiger partial charge in [-0.1, -0.05) is 177 Å². The number of rotatable bonds is 9. The van der Waals surface area contributed by atoms with E-state index in [1.165, 1.54) is 61.0 Å². The fourth-order valence-corrected chi connectivity index (χ4v) is 8.16. The lowest BCUT2D eigenvalue weighted by Gasteiger charge is -2.26. The van der Waals surface area contributed by atoms with Crippen LogP contribution in [0.5, 0.6) is 0 Å². The Hall–Kier alpha value is -5.73. The quantitative estimate of drug-likeness (QED) is 0.0923. The minimum absolute atomic E-state index is 0.0265. The van der Waals surface area contributed by atoms with Crippen molar-refractivity contribution < 1.29 is 0 Å². The molecular formula is C50H44B2. The molecule has 1 heterocycles. The van der Waals surface area contributed by atoms with Crippen molar-refractivity contribution in [3.05, 3.63) is 220 Å². The van der Waals surface area contributed by atoms with Gasteiger partial charge in [0.25, 0.3) is 0 Å². The Bertz CT molecular complexity index is 2360. The molecule has 2 heteroatoms. The van der Waals surface area contributed by atoms with E-state index in [-0.39, 0.29) is 12.1 Å². The summed E-state index contributed by atoms with van der Waals surface area (Å²) in [4.78, 5) is 0. The molecule has 0 saturated carbocycles. The van der Waals surface area contributed by atoms with E-state index in [1.54, 1.807) is 0 Å². The second-order valence-corrected chi connectivity index (χ2v) is 14.7. The van der Waals surface area contributed by atoms with Gasteiger partial charge in [0.05, 0.1) is 0 Å². The van der Waals surface area contributed by atoms with Crippen molar-refractivity contribution in [1.82, 2.24) is 0 Å². The second kappa shape index (κ2) is 14.9. The zero-order chi connectivity index (χ0) is 36.2. The molecule has 0 aromatic heterocycles. The molecule has 0 radical (unpaired) electrons. The summed E-state index contributed by atoms with van der Waals surface area (Å²) in [6, 6.07) is 26.6. The van der Waals surface area contributed by atoms with Crippen LogP contribution in [0.4, 0.5) is 0 Å². The molecule has 0 saturated heterocycles. The van der Waals surface area contributed by atoms with Crippen molar-refractivity contribution in [2.75, 3.05) is 0 Å².